The van der Waals surface area contributed by atoms with Crippen LogP contribution in [0, 0.1) is 0 Å². The van der Waals surface area contributed by atoms with Crippen LogP contribution < -0.4 is 0 Å². The molecule has 2 heterocycles. The number of rotatable bonds is 2. The Kier molecular flexibility index (Phi) is 3.93. The van der Waals surface area contributed by atoms with Crippen molar-refractivity contribution >= 4 is 55.2 Å². The number of nitrogens with one attached hydrogen (secondary N) is 1. The molecule has 7 rings (SSSR count). The molecule has 0 unspecified atom stereocenters. The molecule has 7 aromatic rings. The van der Waals surface area contributed by atoms with Crippen molar-refractivity contribution in [1.82, 2.24) is 9.55 Å². The molecule has 0 atom stereocenters. The third kappa shape index (κ3) is 2.75. The molecule has 0 aliphatic carbocycles. The fraction of sp³-hybridized carbons (Fsp3) is 0. The second-order valence-corrected chi connectivity index (χ2v) is 8.90. The van der Waals surface area contributed by atoms with Gasteiger partial charge >= 0.3 is 0 Å². The first-order valence-corrected chi connectivity index (χ1v) is 11.4. The highest BCUT2D eigenvalue weighted by Gasteiger charge is 2.17. The summed E-state index contributed by atoms with van der Waals surface area (Å²) in [5, 5.41) is 5.62. The second kappa shape index (κ2) is 6.99. The molecule has 0 amide bonds. The molecule has 5 aromatic carbocycles. The average molecular weight is 443 g/mol. The highest BCUT2D eigenvalue weighted by atomic mass is 35.5. The maximum atomic E-state index is 6.40. The molecule has 33 heavy (non-hydrogen) atoms. The molecular formula is C30H19ClN2. The molecular weight excluding hydrogens is 424 g/mol. The van der Waals surface area contributed by atoms with Gasteiger partial charge in [-0.3, -0.25) is 0 Å². The lowest BCUT2D eigenvalue weighted by molar-refractivity contribution is 1.18. The lowest BCUT2D eigenvalue weighted by Gasteiger charge is -2.10. The third-order valence-corrected chi connectivity index (χ3v) is 6.81. The van der Waals surface area contributed by atoms with E-state index >= 15 is 0 Å². The lowest BCUT2D eigenvalue weighted by Crippen LogP contribution is -1.94. The van der Waals surface area contributed by atoms with Crippen LogP contribution in [-0.4, -0.2) is 9.55 Å². The van der Waals surface area contributed by atoms with Crippen molar-refractivity contribution in [3.63, 3.8) is 0 Å². The maximum absolute atomic E-state index is 6.40. The minimum absolute atomic E-state index is 0.750. The van der Waals surface area contributed by atoms with Crippen LogP contribution in [0.2, 0.25) is 5.02 Å². The molecule has 0 bridgehead atoms. The third-order valence-electron chi connectivity index (χ3n) is 6.57. The van der Waals surface area contributed by atoms with Gasteiger partial charge < -0.3 is 9.55 Å². The molecule has 0 saturated carbocycles. The summed E-state index contributed by atoms with van der Waals surface area (Å²) in [7, 11) is 0. The second-order valence-electron chi connectivity index (χ2n) is 8.47. The van der Waals surface area contributed by atoms with Crippen LogP contribution in [0.3, 0.4) is 0 Å². The van der Waals surface area contributed by atoms with Gasteiger partial charge in [-0.1, -0.05) is 72.3 Å². The monoisotopic (exact) mass is 442 g/mol. The van der Waals surface area contributed by atoms with Crippen molar-refractivity contribution in [2.24, 2.45) is 0 Å². The number of aromatic amines is 1. The minimum atomic E-state index is 0.750. The Balaban J connectivity index is 1.61. The summed E-state index contributed by atoms with van der Waals surface area (Å²) in [5.74, 6) is 0. The van der Waals surface area contributed by atoms with E-state index in [9.17, 15) is 0 Å². The van der Waals surface area contributed by atoms with Crippen LogP contribution in [0.4, 0.5) is 0 Å². The topological polar surface area (TPSA) is 20.7 Å². The van der Waals surface area contributed by atoms with Crippen LogP contribution in [-0.2, 0) is 0 Å². The zero-order chi connectivity index (χ0) is 21.9. The molecule has 2 nitrogen and oxygen atoms in total. The summed E-state index contributed by atoms with van der Waals surface area (Å²) in [6, 6.07) is 38.5. The highest BCUT2D eigenvalue weighted by Crippen LogP contribution is 2.40. The molecule has 0 aliphatic heterocycles. The van der Waals surface area contributed by atoms with Gasteiger partial charge in [0, 0.05) is 43.3 Å². The first-order valence-electron chi connectivity index (χ1n) is 11.1. The molecule has 0 aliphatic rings. The molecule has 3 heteroatoms. The standard InChI is InChI=1S/C30H19ClN2/c31-21-13-14-25-24(18-21)29-26(32-25)15-16-28-30(29)23-11-4-5-12-27(23)33(28)22-10-6-9-20(17-22)19-7-2-1-3-8-19/h1-18,32H. The van der Waals surface area contributed by atoms with Crippen LogP contribution in [0.25, 0.3) is 60.4 Å². The molecule has 0 radical (unpaired) electrons. The van der Waals surface area contributed by atoms with Gasteiger partial charge in [0.05, 0.1) is 11.0 Å². The van der Waals surface area contributed by atoms with Crippen LogP contribution in [0.15, 0.2) is 109 Å². The molecule has 156 valence electrons. The Bertz CT molecular complexity index is 1820. The first kappa shape index (κ1) is 18.6. The van der Waals surface area contributed by atoms with Crippen molar-refractivity contribution in [1.29, 1.82) is 0 Å². The van der Waals surface area contributed by atoms with E-state index in [1.54, 1.807) is 0 Å². The van der Waals surface area contributed by atoms with Gasteiger partial charge in [0.2, 0.25) is 0 Å². The highest BCUT2D eigenvalue weighted by molar-refractivity contribution is 6.33. The van der Waals surface area contributed by atoms with Crippen molar-refractivity contribution in [2.75, 3.05) is 0 Å². The fourth-order valence-electron chi connectivity index (χ4n) is 5.16. The van der Waals surface area contributed by atoms with E-state index in [0.717, 1.165) is 27.1 Å². The van der Waals surface area contributed by atoms with Crippen molar-refractivity contribution < 1.29 is 0 Å². The molecule has 2 aromatic heterocycles. The number of fused-ring (bicyclic) bond motifs is 7. The minimum Gasteiger partial charge on any atom is -0.354 e. The summed E-state index contributed by atoms with van der Waals surface area (Å²) in [6.07, 6.45) is 0. The number of hydrogen-bond acceptors (Lipinski definition) is 0. The van der Waals surface area contributed by atoms with E-state index < -0.39 is 0 Å². The number of halogens is 1. The smallest absolute Gasteiger partial charge is 0.0548 e. The van der Waals surface area contributed by atoms with E-state index in [4.69, 9.17) is 11.6 Å². The Labute approximate surface area is 195 Å². The number of hydrogen-bond donors (Lipinski definition) is 1. The van der Waals surface area contributed by atoms with Gasteiger partial charge in [0.15, 0.2) is 0 Å². The lowest BCUT2D eigenvalue weighted by atomic mass is 10.0. The Morgan fingerprint density at radius 3 is 2.24 bits per heavy atom. The largest absolute Gasteiger partial charge is 0.354 e. The van der Waals surface area contributed by atoms with Crippen LogP contribution in [0.1, 0.15) is 0 Å². The van der Waals surface area contributed by atoms with E-state index in [1.807, 2.05) is 6.07 Å². The summed E-state index contributed by atoms with van der Waals surface area (Å²) in [6.45, 7) is 0. The molecule has 0 spiro atoms. The summed E-state index contributed by atoms with van der Waals surface area (Å²) in [4.78, 5) is 3.57. The predicted octanol–water partition coefficient (Wildman–Crippen LogP) is 8.74. The van der Waals surface area contributed by atoms with E-state index in [0.29, 0.717) is 0 Å². The maximum Gasteiger partial charge on any atom is 0.0548 e. The van der Waals surface area contributed by atoms with Crippen LogP contribution >= 0.6 is 11.6 Å². The fourth-order valence-corrected chi connectivity index (χ4v) is 5.33. The van der Waals surface area contributed by atoms with Gasteiger partial charge in [-0.05, 0) is 59.7 Å². The quantitative estimate of drug-likeness (QED) is 0.276. The average Bonchev–Trinajstić information content (AvgIpc) is 3.39. The first-order chi connectivity index (χ1) is 16.3. The van der Waals surface area contributed by atoms with E-state index in [-0.39, 0.29) is 0 Å². The molecule has 0 saturated heterocycles. The zero-order valence-corrected chi connectivity index (χ0v) is 18.5. The molecule has 1 N–H and O–H groups in total. The number of aromatic nitrogens is 2. The summed E-state index contributed by atoms with van der Waals surface area (Å²) < 4.78 is 2.37. The van der Waals surface area contributed by atoms with Crippen molar-refractivity contribution in [3.05, 3.63) is 114 Å². The van der Waals surface area contributed by atoms with E-state index in [1.165, 1.54) is 38.3 Å². The van der Waals surface area contributed by atoms with Gasteiger partial charge in [0.1, 0.15) is 0 Å². The Morgan fingerprint density at radius 1 is 0.545 bits per heavy atom. The zero-order valence-electron chi connectivity index (χ0n) is 17.7. The van der Waals surface area contributed by atoms with Gasteiger partial charge in [-0.15, -0.1) is 0 Å². The Hall–Kier alpha value is -4.01. The predicted molar refractivity (Wildman–Crippen MR) is 141 cm³/mol. The van der Waals surface area contributed by atoms with Gasteiger partial charge in [0.25, 0.3) is 0 Å². The summed E-state index contributed by atoms with van der Waals surface area (Å²) >= 11 is 6.40. The van der Waals surface area contributed by atoms with E-state index in [2.05, 4.69) is 113 Å². The number of benzene rings is 5. The SMILES string of the molecule is Clc1ccc2[nH]c3ccc4c(c5ccccc5n4-c4cccc(-c5ccccc5)c4)c3c2c1. The number of para-hydroxylation sites is 1. The normalized spacial score (nSPS) is 11.8. The Morgan fingerprint density at radius 2 is 1.33 bits per heavy atom. The number of nitrogens with zero attached hydrogens (tertiary/aromatic N) is 1. The molecule has 0 fully saturated rings. The van der Waals surface area contributed by atoms with Gasteiger partial charge in [-0.25, -0.2) is 0 Å². The summed E-state index contributed by atoms with van der Waals surface area (Å²) in [5.41, 5.74) is 8.19. The number of H-pyrrole nitrogens is 1. The van der Waals surface area contributed by atoms with Crippen molar-refractivity contribution in [3.8, 4) is 16.8 Å². The van der Waals surface area contributed by atoms with Crippen molar-refractivity contribution in [2.45, 2.75) is 0 Å². The van der Waals surface area contributed by atoms with Gasteiger partial charge in [-0.2, -0.15) is 0 Å². The van der Waals surface area contributed by atoms with Crippen LogP contribution in [0.5, 0.6) is 0 Å².